The predicted octanol–water partition coefficient (Wildman–Crippen LogP) is 3.97. The number of rotatable bonds is 2. The summed E-state index contributed by atoms with van der Waals surface area (Å²) in [4.78, 5) is 37.6. The number of amides is 4. The molecule has 2 aromatic rings. The van der Waals surface area contributed by atoms with Gasteiger partial charge in [-0.15, -0.1) is 0 Å². The number of barbiturate groups is 1. The third-order valence-electron chi connectivity index (χ3n) is 3.12. The fourth-order valence-corrected chi connectivity index (χ4v) is 2.98. The minimum absolute atomic E-state index is 0.216. The Hall–Kier alpha value is -1.65. The fourth-order valence-electron chi connectivity index (χ4n) is 2.08. The highest BCUT2D eigenvalue weighted by Crippen LogP contribution is 2.27. The van der Waals surface area contributed by atoms with Crippen LogP contribution in [-0.2, 0) is 9.59 Å². The number of urea groups is 1. The highest BCUT2D eigenvalue weighted by atomic mass is 127. The number of carbonyl (C=O) groups excluding carboxylic acids is 3. The molecule has 1 N–H and O–H groups in total. The Labute approximate surface area is 163 Å². The van der Waals surface area contributed by atoms with E-state index in [1.807, 2.05) is 22.6 Å². The molecule has 0 bridgehead atoms. The van der Waals surface area contributed by atoms with Crippen LogP contribution < -0.4 is 10.2 Å². The first-order valence-electron chi connectivity index (χ1n) is 6.48. The summed E-state index contributed by atoms with van der Waals surface area (Å²) in [6.45, 7) is 0. The van der Waals surface area contributed by atoms with E-state index in [1.54, 1.807) is 24.3 Å². The quantitative estimate of drug-likeness (QED) is 0.369. The van der Waals surface area contributed by atoms with Crippen molar-refractivity contribution in [3.63, 3.8) is 0 Å². The maximum Gasteiger partial charge on any atom is 0.335 e. The second-order valence-electron chi connectivity index (χ2n) is 4.71. The zero-order valence-electron chi connectivity index (χ0n) is 11.7. The molecule has 1 aromatic heterocycles. The van der Waals surface area contributed by atoms with Crippen LogP contribution >= 0.6 is 50.1 Å². The van der Waals surface area contributed by atoms with Crippen LogP contribution in [0.5, 0.6) is 0 Å². The number of hydrogen-bond acceptors (Lipinski definition) is 4. The van der Waals surface area contributed by atoms with Gasteiger partial charge in [0, 0.05) is 27.6 Å². The summed E-state index contributed by atoms with van der Waals surface area (Å²) in [6, 6.07) is 7.00. The van der Waals surface area contributed by atoms with E-state index in [9.17, 15) is 14.4 Å². The number of imide groups is 2. The van der Waals surface area contributed by atoms with Gasteiger partial charge in [-0.05, 0) is 46.3 Å². The van der Waals surface area contributed by atoms with E-state index < -0.39 is 17.8 Å². The van der Waals surface area contributed by atoms with Crippen molar-refractivity contribution in [3.05, 3.63) is 54.9 Å². The average Bonchev–Trinajstić information content (AvgIpc) is 2.82. The third-order valence-corrected chi connectivity index (χ3v) is 5.49. The number of halogens is 3. The predicted molar refractivity (Wildman–Crippen MR) is 99.6 cm³/mol. The number of hydrogen-bond donors (Lipinski definition) is 1. The lowest BCUT2D eigenvalue weighted by Crippen LogP contribution is -2.54. The van der Waals surface area contributed by atoms with Crippen molar-refractivity contribution in [3.8, 4) is 0 Å². The van der Waals surface area contributed by atoms with Crippen LogP contribution in [0.1, 0.15) is 5.76 Å². The van der Waals surface area contributed by atoms with Crippen LogP contribution in [0.4, 0.5) is 10.5 Å². The van der Waals surface area contributed by atoms with Gasteiger partial charge in [-0.1, -0.05) is 17.7 Å². The summed E-state index contributed by atoms with van der Waals surface area (Å²) in [7, 11) is 0. The molecule has 1 aliphatic heterocycles. The van der Waals surface area contributed by atoms with E-state index in [0.29, 0.717) is 19.0 Å². The minimum atomic E-state index is -0.834. The Balaban J connectivity index is 2.03. The highest BCUT2D eigenvalue weighted by molar-refractivity contribution is 14.1. The van der Waals surface area contributed by atoms with Gasteiger partial charge in [-0.2, -0.15) is 0 Å². The van der Waals surface area contributed by atoms with Gasteiger partial charge in [0.1, 0.15) is 11.3 Å². The van der Waals surface area contributed by atoms with Gasteiger partial charge in [-0.25, -0.2) is 9.69 Å². The van der Waals surface area contributed by atoms with Crippen LogP contribution in [0.15, 0.2) is 44.8 Å². The maximum atomic E-state index is 12.6. The molecule has 3 rings (SSSR count). The molecule has 4 amide bonds. The summed E-state index contributed by atoms with van der Waals surface area (Å²) in [5.74, 6) is -1.23. The molecule has 122 valence electrons. The number of nitrogens with zero attached hydrogens (tertiary/aromatic N) is 1. The zero-order valence-corrected chi connectivity index (χ0v) is 16.2. The zero-order chi connectivity index (χ0) is 17.4. The highest BCUT2D eigenvalue weighted by Gasteiger charge is 2.37. The molecule has 1 fully saturated rings. The Bertz CT molecular complexity index is 889. The van der Waals surface area contributed by atoms with E-state index in [2.05, 4.69) is 21.2 Å². The lowest BCUT2D eigenvalue weighted by atomic mass is 10.1. The van der Waals surface area contributed by atoms with Gasteiger partial charge in [0.05, 0.1) is 10.2 Å². The summed E-state index contributed by atoms with van der Waals surface area (Å²) in [6.07, 6.45) is 1.29. The second kappa shape index (κ2) is 6.69. The average molecular weight is 521 g/mol. The van der Waals surface area contributed by atoms with Gasteiger partial charge >= 0.3 is 6.03 Å². The lowest BCUT2D eigenvalue weighted by Gasteiger charge is -2.26. The van der Waals surface area contributed by atoms with E-state index in [0.717, 1.165) is 4.90 Å². The van der Waals surface area contributed by atoms with E-state index >= 15 is 0 Å². The SMILES string of the molecule is O=C1NC(=O)N(c2cccc(Cl)c2)C(=O)/C1=C/c1cc(Br)c(I)o1. The molecule has 2 heterocycles. The molecular formula is C15H7BrClIN2O4. The number of furan rings is 1. The molecule has 9 heteroatoms. The molecule has 0 saturated carbocycles. The fraction of sp³-hybridized carbons (Fsp3) is 0. The van der Waals surface area contributed by atoms with Gasteiger partial charge in [0.25, 0.3) is 11.8 Å². The van der Waals surface area contributed by atoms with Crippen molar-refractivity contribution >= 4 is 79.7 Å². The minimum Gasteiger partial charge on any atom is -0.450 e. The van der Waals surface area contributed by atoms with Crippen LogP contribution in [0.2, 0.25) is 5.02 Å². The van der Waals surface area contributed by atoms with Crippen molar-refractivity contribution in [2.75, 3.05) is 4.90 Å². The van der Waals surface area contributed by atoms with Gasteiger partial charge < -0.3 is 4.42 Å². The summed E-state index contributed by atoms with van der Waals surface area (Å²) in [5.41, 5.74) is 0.0471. The monoisotopic (exact) mass is 520 g/mol. The van der Waals surface area contributed by atoms with Gasteiger partial charge in [-0.3, -0.25) is 14.9 Å². The molecule has 0 radical (unpaired) electrons. The first kappa shape index (κ1) is 17.2. The summed E-state index contributed by atoms with van der Waals surface area (Å²) in [5, 5.41) is 2.49. The van der Waals surface area contributed by atoms with E-state index in [4.69, 9.17) is 16.0 Å². The molecule has 24 heavy (non-hydrogen) atoms. The standard InChI is InChI=1S/C15H7BrClIN2O4/c16-11-6-9(24-12(11)18)5-10-13(21)19-15(23)20(14(10)22)8-3-1-2-7(17)4-8/h1-6H,(H,19,21,23)/b10-5+. The van der Waals surface area contributed by atoms with E-state index in [1.165, 1.54) is 12.1 Å². The molecule has 0 aliphatic carbocycles. The lowest BCUT2D eigenvalue weighted by molar-refractivity contribution is -0.122. The number of nitrogens with one attached hydrogen (secondary N) is 1. The summed E-state index contributed by atoms with van der Waals surface area (Å²) >= 11 is 11.1. The summed E-state index contributed by atoms with van der Waals surface area (Å²) < 4.78 is 6.68. The van der Waals surface area contributed by atoms with Gasteiger partial charge in [0.15, 0.2) is 3.77 Å². The Kier molecular flexibility index (Phi) is 4.79. The maximum absolute atomic E-state index is 12.6. The molecule has 0 unspecified atom stereocenters. The molecule has 0 atom stereocenters. The van der Waals surface area contributed by atoms with Crippen molar-refractivity contribution in [1.29, 1.82) is 0 Å². The molecule has 1 aromatic carbocycles. The van der Waals surface area contributed by atoms with Crippen LogP contribution in [0, 0.1) is 3.77 Å². The van der Waals surface area contributed by atoms with Crippen LogP contribution in [0.3, 0.4) is 0 Å². The number of anilines is 1. The molecule has 1 aliphatic rings. The first-order valence-corrected chi connectivity index (χ1v) is 8.73. The molecule has 6 nitrogen and oxygen atoms in total. The normalized spacial score (nSPS) is 16.7. The number of carbonyl (C=O) groups is 3. The largest absolute Gasteiger partial charge is 0.450 e. The van der Waals surface area contributed by atoms with Crippen LogP contribution in [-0.4, -0.2) is 17.8 Å². The Morgan fingerprint density at radius 3 is 2.62 bits per heavy atom. The molecule has 1 saturated heterocycles. The number of benzene rings is 1. The van der Waals surface area contributed by atoms with Crippen LogP contribution in [0.25, 0.3) is 6.08 Å². The smallest absolute Gasteiger partial charge is 0.335 e. The Morgan fingerprint density at radius 1 is 1.25 bits per heavy atom. The first-order chi connectivity index (χ1) is 11.4. The molecular weight excluding hydrogens is 514 g/mol. The Morgan fingerprint density at radius 2 is 2.00 bits per heavy atom. The topological polar surface area (TPSA) is 79.6 Å². The van der Waals surface area contributed by atoms with E-state index in [-0.39, 0.29) is 11.3 Å². The van der Waals surface area contributed by atoms with Crippen molar-refractivity contribution in [1.82, 2.24) is 5.32 Å². The van der Waals surface area contributed by atoms with Gasteiger partial charge in [0.2, 0.25) is 0 Å². The van der Waals surface area contributed by atoms with Crippen molar-refractivity contribution < 1.29 is 18.8 Å². The molecule has 0 spiro atoms. The van der Waals surface area contributed by atoms with Crippen molar-refractivity contribution in [2.24, 2.45) is 0 Å². The third kappa shape index (κ3) is 3.26. The second-order valence-corrected chi connectivity index (χ2v) is 6.98. The van der Waals surface area contributed by atoms with Crippen molar-refractivity contribution in [2.45, 2.75) is 0 Å².